The Bertz CT molecular complexity index is 714. The second-order valence-electron chi connectivity index (χ2n) is 5.52. The molecule has 0 aliphatic rings. The van der Waals surface area contributed by atoms with Crippen molar-refractivity contribution in [2.24, 2.45) is 5.92 Å². The molecule has 0 bridgehead atoms. The van der Waals surface area contributed by atoms with Gasteiger partial charge in [0.1, 0.15) is 5.75 Å². The summed E-state index contributed by atoms with van der Waals surface area (Å²) in [5, 5.41) is 6.11. The number of halogens is 1. The molecule has 2 aromatic rings. The monoisotopic (exact) mass is 346 g/mol. The summed E-state index contributed by atoms with van der Waals surface area (Å²) in [6, 6.07) is 13.7. The molecule has 0 atom stereocenters. The number of nitrogens with one attached hydrogen (secondary N) is 2. The number of carbonyl (C=O) groups excluding carboxylic acids is 2. The summed E-state index contributed by atoms with van der Waals surface area (Å²) in [4.78, 5) is 23.6. The van der Waals surface area contributed by atoms with Crippen LogP contribution in [0.3, 0.4) is 0 Å². The molecule has 2 aromatic carbocycles. The molecule has 0 fully saturated rings. The Kier molecular flexibility index (Phi) is 6.21. The minimum Gasteiger partial charge on any atom is -0.484 e. The SMILES string of the molecule is CC(C)C(=O)Nc1cccc(NC(=O)COc2ccc(Cl)cc2)c1. The van der Waals surface area contributed by atoms with E-state index in [0.29, 0.717) is 22.1 Å². The average Bonchev–Trinajstić information content (AvgIpc) is 2.54. The average molecular weight is 347 g/mol. The van der Waals surface area contributed by atoms with Gasteiger partial charge in [-0.15, -0.1) is 0 Å². The Hall–Kier alpha value is -2.53. The molecular weight excluding hydrogens is 328 g/mol. The zero-order valence-corrected chi connectivity index (χ0v) is 14.3. The fraction of sp³-hybridized carbons (Fsp3) is 0.222. The first-order valence-corrected chi connectivity index (χ1v) is 7.91. The van der Waals surface area contributed by atoms with Crippen molar-refractivity contribution in [1.29, 1.82) is 0 Å². The second kappa shape index (κ2) is 8.36. The van der Waals surface area contributed by atoms with Crippen molar-refractivity contribution in [3.8, 4) is 5.75 Å². The van der Waals surface area contributed by atoms with Gasteiger partial charge in [0.05, 0.1) is 0 Å². The van der Waals surface area contributed by atoms with Crippen LogP contribution in [-0.4, -0.2) is 18.4 Å². The van der Waals surface area contributed by atoms with Crippen LogP contribution in [0.15, 0.2) is 48.5 Å². The minimum absolute atomic E-state index is 0.0791. The third kappa shape index (κ3) is 5.59. The highest BCUT2D eigenvalue weighted by Crippen LogP contribution is 2.17. The first-order valence-electron chi connectivity index (χ1n) is 7.53. The smallest absolute Gasteiger partial charge is 0.262 e. The van der Waals surface area contributed by atoms with Gasteiger partial charge in [0, 0.05) is 22.3 Å². The second-order valence-corrected chi connectivity index (χ2v) is 5.95. The lowest BCUT2D eigenvalue weighted by molar-refractivity contribution is -0.119. The lowest BCUT2D eigenvalue weighted by Gasteiger charge is -2.11. The fourth-order valence-electron chi connectivity index (χ4n) is 1.84. The van der Waals surface area contributed by atoms with E-state index in [4.69, 9.17) is 16.3 Å². The van der Waals surface area contributed by atoms with E-state index < -0.39 is 0 Å². The first-order chi connectivity index (χ1) is 11.4. The van der Waals surface area contributed by atoms with E-state index in [1.54, 1.807) is 48.5 Å². The first kappa shape index (κ1) is 17.8. The number of ether oxygens (including phenoxy) is 1. The van der Waals surface area contributed by atoms with E-state index in [0.717, 1.165) is 0 Å². The van der Waals surface area contributed by atoms with Gasteiger partial charge in [0.2, 0.25) is 5.91 Å². The molecule has 0 spiro atoms. The van der Waals surface area contributed by atoms with Gasteiger partial charge < -0.3 is 15.4 Å². The summed E-state index contributed by atoms with van der Waals surface area (Å²) in [7, 11) is 0. The lowest BCUT2D eigenvalue weighted by Crippen LogP contribution is -2.20. The van der Waals surface area contributed by atoms with E-state index in [1.165, 1.54) is 0 Å². The van der Waals surface area contributed by atoms with Gasteiger partial charge in [0.15, 0.2) is 6.61 Å². The highest BCUT2D eigenvalue weighted by atomic mass is 35.5. The Labute approximate surface area is 146 Å². The molecule has 0 unspecified atom stereocenters. The van der Waals surface area contributed by atoms with Crippen LogP contribution in [0.2, 0.25) is 5.02 Å². The summed E-state index contributed by atoms with van der Waals surface area (Å²) < 4.78 is 5.38. The summed E-state index contributed by atoms with van der Waals surface area (Å²) >= 11 is 5.79. The van der Waals surface area contributed by atoms with Crippen molar-refractivity contribution in [1.82, 2.24) is 0 Å². The highest BCUT2D eigenvalue weighted by Gasteiger charge is 2.08. The molecule has 126 valence electrons. The summed E-state index contributed by atoms with van der Waals surface area (Å²) in [5.41, 5.74) is 1.21. The van der Waals surface area contributed by atoms with Crippen LogP contribution in [0.25, 0.3) is 0 Å². The summed E-state index contributed by atoms with van der Waals surface area (Å²) in [6.07, 6.45) is 0. The van der Waals surface area contributed by atoms with Crippen molar-refractivity contribution in [2.45, 2.75) is 13.8 Å². The molecule has 2 amide bonds. The normalized spacial score (nSPS) is 10.3. The van der Waals surface area contributed by atoms with Crippen molar-refractivity contribution >= 4 is 34.8 Å². The molecule has 0 aliphatic carbocycles. The molecule has 5 nitrogen and oxygen atoms in total. The van der Waals surface area contributed by atoms with E-state index >= 15 is 0 Å². The molecule has 0 saturated heterocycles. The molecule has 0 radical (unpaired) electrons. The van der Waals surface area contributed by atoms with Crippen molar-refractivity contribution in [3.63, 3.8) is 0 Å². The molecule has 2 rings (SSSR count). The topological polar surface area (TPSA) is 67.4 Å². The minimum atomic E-state index is -0.294. The molecule has 2 N–H and O–H groups in total. The third-order valence-corrected chi connectivity index (χ3v) is 3.37. The molecule has 0 aromatic heterocycles. The molecule has 6 heteroatoms. The Morgan fingerprint density at radius 2 is 1.67 bits per heavy atom. The van der Waals surface area contributed by atoms with Gasteiger partial charge >= 0.3 is 0 Å². The molecule has 0 heterocycles. The standard InChI is InChI=1S/C18H19ClN2O3/c1-12(2)18(23)21-15-5-3-4-14(10-15)20-17(22)11-24-16-8-6-13(19)7-9-16/h3-10,12H,11H2,1-2H3,(H,20,22)(H,21,23). The number of anilines is 2. The fourth-order valence-corrected chi connectivity index (χ4v) is 1.96. The Morgan fingerprint density at radius 1 is 1.04 bits per heavy atom. The molecule has 0 aliphatic heterocycles. The van der Waals surface area contributed by atoms with Gasteiger partial charge in [-0.1, -0.05) is 31.5 Å². The number of amides is 2. The predicted molar refractivity (Wildman–Crippen MR) is 95.5 cm³/mol. The van der Waals surface area contributed by atoms with Gasteiger partial charge in [0.25, 0.3) is 5.91 Å². The summed E-state index contributed by atoms with van der Waals surface area (Å²) in [5.74, 6) is 0.0744. The predicted octanol–water partition coefficient (Wildman–Crippen LogP) is 3.95. The number of rotatable bonds is 6. The van der Waals surface area contributed by atoms with Crippen LogP contribution in [0.1, 0.15) is 13.8 Å². The number of carbonyl (C=O) groups is 2. The zero-order chi connectivity index (χ0) is 17.5. The van der Waals surface area contributed by atoms with Crippen LogP contribution in [0, 0.1) is 5.92 Å². The third-order valence-electron chi connectivity index (χ3n) is 3.12. The van der Waals surface area contributed by atoms with Crippen LogP contribution < -0.4 is 15.4 Å². The highest BCUT2D eigenvalue weighted by molar-refractivity contribution is 6.30. The van der Waals surface area contributed by atoms with E-state index in [2.05, 4.69) is 10.6 Å². The van der Waals surface area contributed by atoms with E-state index in [1.807, 2.05) is 13.8 Å². The molecule has 24 heavy (non-hydrogen) atoms. The van der Waals surface area contributed by atoms with Gasteiger partial charge in [-0.25, -0.2) is 0 Å². The van der Waals surface area contributed by atoms with E-state index in [-0.39, 0.29) is 24.3 Å². The Balaban J connectivity index is 1.89. The van der Waals surface area contributed by atoms with Crippen molar-refractivity contribution in [3.05, 3.63) is 53.6 Å². The maximum Gasteiger partial charge on any atom is 0.262 e. The van der Waals surface area contributed by atoms with Gasteiger partial charge in [-0.2, -0.15) is 0 Å². The maximum absolute atomic E-state index is 11.9. The largest absolute Gasteiger partial charge is 0.484 e. The van der Waals surface area contributed by atoms with Crippen LogP contribution in [-0.2, 0) is 9.59 Å². The van der Waals surface area contributed by atoms with Crippen molar-refractivity contribution < 1.29 is 14.3 Å². The maximum atomic E-state index is 11.9. The van der Waals surface area contributed by atoms with Gasteiger partial charge in [-0.05, 0) is 42.5 Å². The molecule has 0 saturated carbocycles. The van der Waals surface area contributed by atoms with E-state index in [9.17, 15) is 9.59 Å². The lowest BCUT2D eigenvalue weighted by atomic mass is 10.2. The Morgan fingerprint density at radius 3 is 2.29 bits per heavy atom. The summed E-state index contributed by atoms with van der Waals surface area (Å²) in [6.45, 7) is 3.51. The van der Waals surface area contributed by atoms with Crippen LogP contribution >= 0.6 is 11.6 Å². The van der Waals surface area contributed by atoms with Crippen LogP contribution in [0.5, 0.6) is 5.75 Å². The van der Waals surface area contributed by atoms with Crippen LogP contribution in [0.4, 0.5) is 11.4 Å². The number of hydrogen-bond donors (Lipinski definition) is 2. The van der Waals surface area contributed by atoms with Crippen molar-refractivity contribution in [2.75, 3.05) is 17.2 Å². The quantitative estimate of drug-likeness (QED) is 0.832. The number of benzene rings is 2. The molecular formula is C18H19ClN2O3. The number of hydrogen-bond acceptors (Lipinski definition) is 3. The van der Waals surface area contributed by atoms with Gasteiger partial charge in [-0.3, -0.25) is 9.59 Å². The zero-order valence-electron chi connectivity index (χ0n) is 13.5.